The molecule has 0 spiro atoms. The number of ether oxygens (including phenoxy) is 2. The smallest absolute Gasteiger partial charge is 0.271 e. The van der Waals surface area contributed by atoms with Crippen LogP contribution in [0.1, 0.15) is 22.3 Å². The van der Waals surface area contributed by atoms with E-state index >= 15 is 0 Å². The van der Waals surface area contributed by atoms with Crippen molar-refractivity contribution in [2.45, 2.75) is 19.9 Å². The maximum atomic E-state index is 13.0. The van der Waals surface area contributed by atoms with E-state index in [0.717, 1.165) is 16.5 Å². The molecule has 0 aliphatic carbocycles. The summed E-state index contributed by atoms with van der Waals surface area (Å²) in [5.74, 6) is 0.867. The molecule has 172 valence electrons. The third-order valence-corrected chi connectivity index (χ3v) is 5.85. The molecular formula is C26H24N4O4. The average molecular weight is 457 g/mol. The van der Waals surface area contributed by atoms with Crippen molar-refractivity contribution in [2.24, 2.45) is 4.99 Å². The van der Waals surface area contributed by atoms with E-state index < -0.39 is 5.56 Å². The highest BCUT2D eigenvalue weighted by Crippen LogP contribution is 2.32. The minimum absolute atomic E-state index is 0.0279. The fourth-order valence-electron chi connectivity index (χ4n) is 3.93. The largest absolute Gasteiger partial charge is 0.497 e. The first kappa shape index (κ1) is 22.7. The third-order valence-electron chi connectivity index (χ3n) is 5.85. The SMILES string of the molecule is COc1ccc(N=Cc2c(C)c(C#N)c(=O)n(CCc3c[nH]c4ccccc34)c2O)c(OC)c1. The van der Waals surface area contributed by atoms with Gasteiger partial charge in [-0.1, -0.05) is 18.2 Å². The highest BCUT2D eigenvalue weighted by atomic mass is 16.5. The van der Waals surface area contributed by atoms with Crippen molar-refractivity contribution in [1.29, 1.82) is 5.26 Å². The first-order valence-corrected chi connectivity index (χ1v) is 10.7. The van der Waals surface area contributed by atoms with E-state index in [1.165, 1.54) is 17.9 Å². The van der Waals surface area contributed by atoms with Crippen LogP contribution >= 0.6 is 0 Å². The molecule has 0 aliphatic rings. The molecule has 4 aromatic rings. The predicted molar refractivity (Wildman–Crippen MR) is 131 cm³/mol. The van der Waals surface area contributed by atoms with Crippen molar-refractivity contribution < 1.29 is 14.6 Å². The van der Waals surface area contributed by atoms with E-state index in [-0.39, 0.29) is 18.0 Å². The number of hydrogen-bond acceptors (Lipinski definition) is 6. The van der Waals surface area contributed by atoms with E-state index in [9.17, 15) is 15.2 Å². The summed E-state index contributed by atoms with van der Waals surface area (Å²) < 4.78 is 11.8. The number of rotatable bonds is 7. The van der Waals surface area contributed by atoms with E-state index in [2.05, 4.69) is 9.98 Å². The predicted octanol–water partition coefficient (Wildman–Crippen LogP) is 4.23. The number of aryl methyl sites for hydroxylation is 1. The summed E-state index contributed by atoms with van der Waals surface area (Å²) in [5.41, 5.74) is 2.63. The molecule has 0 radical (unpaired) electrons. The normalized spacial score (nSPS) is 11.1. The van der Waals surface area contributed by atoms with Crippen LogP contribution in [0.2, 0.25) is 0 Å². The minimum Gasteiger partial charge on any atom is -0.497 e. The zero-order valence-electron chi connectivity index (χ0n) is 19.1. The number of aliphatic imine (C=N–C) groups is 1. The fourth-order valence-corrected chi connectivity index (χ4v) is 3.93. The first-order chi connectivity index (χ1) is 16.5. The lowest BCUT2D eigenvalue weighted by atomic mass is 10.1. The maximum Gasteiger partial charge on any atom is 0.271 e. The topological polar surface area (TPSA) is 113 Å². The molecule has 2 heterocycles. The van der Waals surface area contributed by atoms with Gasteiger partial charge in [-0.15, -0.1) is 0 Å². The van der Waals surface area contributed by atoms with Crippen LogP contribution in [0, 0.1) is 18.3 Å². The number of H-pyrrole nitrogens is 1. The lowest BCUT2D eigenvalue weighted by Crippen LogP contribution is -2.26. The van der Waals surface area contributed by atoms with Gasteiger partial charge in [0.1, 0.15) is 28.8 Å². The molecule has 2 aromatic carbocycles. The number of nitrogens with one attached hydrogen (secondary N) is 1. The summed E-state index contributed by atoms with van der Waals surface area (Å²) in [7, 11) is 3.08. The summed E-state index contributed by atoms with van der Waals surface area (Å²) in [6.45, 7) is 1.82. The molecule has 8 nitrogen and oxygen atoms in total. The lowest BCUT2D eigenvalue weighted by Gasteiger charge is -2.14. The van der Waals surface area contributed by atoms with Crippen LogP contribution in [0.25, 0.3) is 10.9 Å². The Morgan fingerprint density at radius 3 is 2.74 bits per heavy atom. The molecule has 0 fully saturated rings. The Kier molecular flexibility index (Phi) is 6.37. The molecule has 0 saturated heterocycles. The molecule has 2 aromatic heterocycles. The van der Waals surface area contributed by atoms with Crippen molar-refractivity contribution in [2.75, 3.05) is 14.2 Å². The van der Waals surface area contributed by atoms with Gasteiger partial charge in [0, 0.05) is 35.9 Å². The molecule has 0 amide bonds. The minimum atomic E-state index is -0.531. The standard InChI is InChI=1S/C26H24N4O4/c1-16-20(13-27)25(31)30(11-10-17-14-28-22-7-5-4-6-19(17)22)26(32)21(16)15-29-23-9-8-18(33-2)12-24(23)34-3/h4-9,12,14-15,28,32H,10-11H2,1-3H3. The van der Waals surface area contributed by atoms with Gasteiger partial charge in [0.2, 0.25) is 5.88 Å². The molecule has 0 unspecified atom stereocenters. The van der Waals surface area contributed by atoms with Crippen LogP contribution in [-0.2, 0) is 13.0 Å². The van der Waals surface area contributed by atoms with Gasteiger partial charge >= 0.3 is 0 Å². The van der Waals surface area contributed by atoms with Crippen molar-refractivity contribution in [3.05, 3.63) is 81.3 Å². The Morgan fingerprint density at radius 2 is 2.00 bits per heavy atom. The van der Waals surface area contributed by atoms with E-state index in [1.54, 1.807) is 32.2 Å². The zero-order valence-corrected chi connectivity index (χ0v) is 19.1. The van der Waals surface area contributed by atoms with Crippen LogP contribution in [0.5, 0.6) is 17.4 Å². The van der Waals surface area contributed by atoms with Crippen molar-refractivity contribution in [3.8, 4) is 23.4 Å². The lowest BCUT2D eigenvalue weighted by molar-refractivity contribution is 0.395. The number of hydrogen-bond donors (Lipinski definition) is 2. The van der Waals surface area contributed by atoms with Gasteiger partial charge in [-0.05, 0) is 42.7 Å². The number of aromatic nitrogens is 2. The van der Waals surface area contributed by atoms with Gasteiger partial charge < -0.3 is 19.6 Å². The molecule has 0 aliphatic heterocycles. The van der Waals surface area contributed by atoms with Gasteiger partial charge in [-0.25, -0.2) is 0 Å². The zero-order chi connectivity index (χ0) is 24.2. The Labute approximate surface area is 196 Å². The monoisotopic (exact) mass is 456 g/mol. The Balaban J connectivity index is 1.73. The third kappa shape index (κ3) is 4.11. The van der Waals surface area contributed by atoms with Gasteiger partial charge in [-0.2, -0.15) is 5.26 Å². The summed E-state index contributed by atoms with van der Waals surface area (Å²) in [6.07, 6.45) is 3.83. The number of nitrogens with zero attached hydrogens (tertiary/aromatic N) is 3. The van der Waals surface area contributed by atoms with Crippen molar-refractivity contribution in [3.63, 3.8) is 0 Å². The van der Waals surface area contributed by atoms with Gasteiger partial charge in [0.15, 0.2) is 0 Å². The van der Waals surface area contributed by atoms with Gasteiger partial charge in [-0.3, -0.25) is 14.4 Å². The number of pyridine rings is 1. The second kappa shape index (κ2) is 9.55. The number of benzene rings is 2. The quantitative estimate of drug-likeness (QED) is 0.404. The summed E-state index contributed by atoms with van der Waals surface area (Å²) in [4.78, 5) is 20.6. The first-order valence-electron chi connectivity index (χ1n) is 10.7. The second-order valence-corrected chi connectivity index (χ2v) is 7.71. The average Bonchev–Trinajstić information content (AvgIpc) is 3.27. The molecule has 0 bridgehead atoms. The number of para-hydroxylation sites is 1. The number of nitriles is 1. The molecule has 2 N–H and O–H groups in total. The van der Waals surface area contributed by atoms with Crippen molar-refractivity contribution in [1.82, 2.24) is 9.55 Å². The Bertz CT molecular complexity index is 1490. The molecule has 0 saturated carbocycles. The number of aromatic amines is 1. The highest BCUT2D eigenvalue weighted by Gasteiger charge is 2.18. The van der Waals surface area contributed by atoms with Crippen LogP contribution in [0.4, 0.5) is 5.69 Å². The Morgan fingerprint density at radius 1 is 1.21 bits per heavy atom. The number of aromatic hydroxyl groups is 1. The highest BCUT2D eigenvalue weighted by molar-refractivity contribution is 5.88. The maximum absolute atomic E-state index is 13.0. The van der Waals surface area contributed by atoms with Crippen LogP contribution in [0.3, 0.4) is 0 Å². The summed E-state index contributed by atoms with van der Waals surface area (Å²) in [6, 6.07) is 15.0. The fraction of sp³-hybridized carbons (Fsp3) is 0.192. The van der Waals surface area contributed by atoms with Crippen LogP contribution in [0.15, 0.2) is 58.4 Å². The number of fused-ring (bicyclic) bond motifs is 1. The van der Waals surface area contributed by atoms with Gasteiger partial charge in [0.25, 0.3) is 5.56 Å². The summed E-state index contributed by atoms with van der Waals surface area (Å²) >= 11 is 0. The van der Waals surface area contributed by atoms with Crippen molar-refractivity contribution >= 4 is 22.8 Å². The molecule has 4 rings (SSSR count). The molecule has 0 atom stereocenters. The van der Waals surface area contributed by atoms with E-state index in [1.807, 2.05) is 36.5 Å². The number of methoxy groups -OCH3 is 2. The van der Waals surface area contributed by atoms with E-state index in [0.29, 0.717) is 34.7 Å². The van der Waals surface area contributed by atoms with E-state index in [4.69, 9.17) is 9.47 Å². The van der Waals surface area contributed by atoms with Gasteiger partial charge in [0.05, 0.1) is 19.8 Å². The Hall–Kier alpha value is -4.51. The molecule has 34 heavy (non-hydrogen) atoms. The molecular weight excluding hydrogens is 432 g/mol. The summed E-state index contributed by atoms with van der Waals surface area (Å²) in [5, 5.41) is 21.7. The second-order valence-electron chi connectivity index (χ2n) is 7.71. The van der Waals surface area contributed by atoms with Crippen LogP contribution < -0.4 is 15.0 Å². The molecule has 8 heteroatoms. The van der Waals surface area contributed by atoms with Crippen LogP contribution in [-0.4, -0.2) is 35.1 Å².